The molecule has 0 bridgehead atoms. The number of nitrogens with one attached hydrogen (secondary N) is 2. The van der Waals surface area contributed by atoms with Crippen molar-refractivity contribution in [2.45, 2.75) is 44.8 Å². The van der Waals surface area contributed by atoms with Gasteiger partial charge in [-0.15, -0.1) is 0 Å². The van der Waals surface area contributed by atoms with Gasteiger partial charge in [0.05, 0.1) is 17.5 Å². The Morgan fingerprint density at radius 3 is 2.74 bits per heavy atom. The lowest BCUT2D eigenvalue weighted by molar-refractivity contribution is 0.143. The Balaban J connectivity index is 2.09. The zero-order valence-corrected chi connectivity index (χ0v) is 12.6. The Morgan fingerprint density at radius 1 is 1.42 bits per heavy atom. The number of amides is 2. The maximum absolute atomic E-state index is 12.3. The average molecular weight is 289 g/mol. The average Bonchev–Trinajstić information content (AvgIpc) is 2.61. The summed E-state index contributed by atoms with van der Waals surface area (Å²) >= 11 is 0. The van der Waals surface area contributed by atoms with Crippen molar-refractivity contribution < 1.29 is 13.2 Å². The molecule has 0 radical (unpaired) electrons. The Kier molecular flexibility index (Phi) is 3.79. The van der Waals surface area contributed by atoms with Crippen LogP contribution in [0.3, 0.4) is 0 Å². The van der Waals surface area contributed by atoms with Crippen LogP contribution in [0, 0.1) is 0 Å². The largest absolute Gasteiger partial charge is 0.333 e. The molecule has 2 amide bonds. The predicted octanol–water partition coefficient (Wildman–Crippen LogP) is -0.0446. The molecular weight excluding hydrogens is 266 g/mol. The van der Waals surface area contributed by atoms with Gasteiger partial charge in [0.25, 0.3) is 0 Å². The van der Waals surface area contributed by atoms with Gasteiger partial charge in [-0.2, -0.15) is 0 Å². The molecule has 2 aliphatic heterocycles. The van der Waals surface area contributed by atoms with Gasteiger partial charge in [0, 0.05) is 24.7 Å². The van der Waals surface area contributed by atoms with Crippen molar-refractivity contribution in [2.24, 2.45) is 0 Å². The Labute approximate surface area is 114 Å². The van der Waals surface area contributed by atoms with Crippen molar-refractivity contribution in [2.75, 3.05) is 24.6 Å². The highest BCUT2D eigenvalue weighted by Gasteiger charge is 2.44. The molecule has 2 N–H and O–H groups in total. The maximum Gasteiger partial charge on any atom is 0.318 e. The number of carbonyl (C=O) groups is 1. The zero-order valence-electron chi connectivity index (χ0n) is 11.8. The fourth-order valence-electron chi connectivity index (χ4n) is 2.57. The lowest BCUT2D eigenvalue weighted by atomic mass is 10.0. The molecule has 110 valence electrons. The summed E-state index contributed by atoms with van der Waals surface area (Å²) in [6.07, 6.45) is 0.831. The molecule has 0 saturated carbocycles. The van der Waals surface area contributed by atoms with Crippen molar-refractivity contribution >= 4 is 15.9 Å². The van der Waals surface area contributed by atoms with Gasteiger partial charge in [-0.1, -0.05) is 6.92 Å². The summed E-state index contributed by atoms with van der Waals surface area (Å²) in [6, 6.07) is -0.499. The number of urea groups is 1. The highest BCUT2D eigenvalue weighted by atomic mass is 32.2. The molecular formula is C12H23N3O3S. The van der Waals surface area contributed by atoms with E-state index in [0.29, 0.717) is 13.1 Å². The number of sulfone groups is 1. The normalized spacial score (nSPS) is 29.9. The highest BCUT2D eigenvalue weighted by Crippen LogP contribution is 2.22. The van der Waals surface area contributed by atoms with Crippen LogP contribution in [0.15, 0.2) is 0 Å². The van der Waals surface area contributed by atoms with Gasteiger partial charge >= 0.3 is 6.03 Å². The Morgan fingerprint density at radius 2 is 2.11 bits per heavy atom. The SMILES string of the molecule is CCC(C)(C)NC(=O)N1CCN[C@@H]2CS(=O)(=O)C[C@@H]21. The minimum absolute atomic E-state index is 0.0740. The number of rotatable bonds is 2. The third kappa shape index (κ3) is 3.20. The maximum atomic E-state index is 12.3. The standard InChI is InChI=1S/C12H23N3O3S/c1-4-12(2,3)14-11(16)15-6-5-13-9-7-19(17,18)8-10(9)15/h9-10,13H,4-8H2,1-3H3,(H,14,16)/t9-,10+/m1/s1. The number of nitrogens with zero attached hydrogens (tertiary/aromatic N) is 1. The van der Waals surface area contributed by atoms with Crippen LogP contribution in [-0.2, 0) is 9.84 Å². The number of piperazine rings is 1. The third-order valence-corrected chi connectivity index (χ3v) is 5.79. The van der Waals surface area contributed by atoms with Gasteiger partial charge in [-0.25, -0.2) is 13.2 Å². The van der Waals surface area contributed by atoms with E-state index in [1.165, 1.54) is 0 Å². The molecule has 0 aromatic carbocycles. The number of carbonyl (C=O) groups excluding carboxylic acids is 1. The van der Waals surface area contributed by atoms with Crippen molar-refractivity contribution in [3.8, 4) is 0 Å². The summed E-state index contributed by atoms with van der Waals surface area (Å²) in [5.41, 5.74) is -0.269. The molecule has 0 aliphatic carbocycles. The fraction of sp³-hybridized carbons (Fsp3) is 0.917. The van der Waals surface area contributed by atoms with E-state index < -0.39 is 9.84 Å². The van der Waals surface area contributed by atoms with E-state index in [1.54, 1.807) is 4.90 Å². The van der Waals surface area contributed by atoms with Crippen LogP contribution in [0.25, 0.3) is 0 Å². The molecule has 0 unspecified atom stereocenters. The molecule has 19 heavy (non-hydrogen) atoms. The second kappa shape index (κ2) is 4.94. The first-order valence-corrected chi connectivity index (χ1v) is 8.59. The van der Waals surface area contributed by atoms with E-state index in [9.17, 15) is 13.2 Å². The fourth-order valence-corrected chi connectivity index (χ4v) is 4.53. The molecule has 7 heteroatoms. The summed E-state index contributed by atoms with van der Waals surface area (Å²) in [6.45, 7) is 7.16. The molecule has 2 heterocycles. The second-order valence-electron chi connectivity index (χ2n) is 6.07. The Hall–Kier alpha value is -0.820. The van der Waals surface area contributed by atoms with Crippen molar-refractivity contribution in [1.29, 1.82) is 0 Å². The van der Waals surface area contributed by atoms with Gasteiger partial charge in [0.15, 0.2) is 9.84 Å². The molecule has 2 saturated heterocycles. The van der Waals surface area contributed by atoms with Crippen LogP contribution in [-0.4, -0.2) is 61.6 Å². The first-order chi connectivity index (χ1) is 8.74. The van der Waals surface area contributed by atoms with Crippen molar-refractivity contribution in [1.82, 2.24) is 15.5 Å². The topological polar surface area (TPSA) is 78.5 Å². The van der Waals surface area contributed by atoms with Crippen LogP contribution in [0.4, 0.5) is 4.79 Å². The first-order valence-electron chi connectivity index (χ1n) is 6.77. The monoisotopic (exact) mass is 289 g/mol. The van der Waals surface area contributed by atoms with Gasteiger partial charge in [0.1, 0.15) is 0 Å². The number of hydrogen-bond donors (Lipinski definition) is 2. The molecule has 2 fully saturated rings. The van der Waals surface area contributed by atoms with Crippen molar-refractivity contribution in [3.63, 3.8) is 0 Å². The summed E-state index contributed by atoms with van der Waals surface area (Å²) in [7, 11) is -3.03. The second-order valence-corrected chi connectivity index (χ2v) is 8.22. The smallest absolute Gasteiger partial charge is 0.318 e. The molecule has 2 aliphatic rings. The summed E-state index contributed by atoms with van der Waals surface area (Å²) in [5.74, 6) is 0.212. The van der Waals surface area contributed by atoms with Gasteiger partial charge < -0.3 is 15.5 Å². The van der Waals surface area contributed by atoms with Crippen LogP contribution < -0.4 is 10.6 Å². The van der Waals surface area contributed by atoms with E-state index in [4.69, 9.17) is 0 Å². The molecule has 0 aromatic heterocycles. The first kappa shape index (κ1) is 14.6. The minimum atomic E-state index is -3.03. The number of hydrogen-bond acceptors (Lipinski definition) is 4. The summed E-state index contributed by atoms with van der Waals surface area (Å²) < 4.78 is 23.4. The summed E-state index contributed by atoms with van der Waals surface area (Å²) in [4.78, 5) is 14.0. The van der Waals surface area contributed by atoms with E-state index in [1.807, 2.05) is 20.8 Å². The van der Waals surface area contributed by atoms with Crippen LogP contribution >= 0.6 is 0 Å². The molecule has 6 nitrogen and oxygen atoms in total. The lowest BCUT2D eigenvalue weighted by Crippen LogP contribution is -2.62. The molecule has 2 atom stereocenters. The molecule has 0 aromatic rings. The van der Waals surface area contributed by atoms with Gasteiger partial charge in [-0.05, 0) is 20.3 Å². The van der Waals surface area contributed by atoms with E-state index in [2.05, 4.69) is 10.6 Å². The lowest BCUT2D eigenvalue weighted by Gasteiger charge is -2.39. The molecule has 2 rings (SSSR count). The van der Waals surface area contributed by atoms with E-state index >= 15 is 0 Å². The van der Waals surface area contributed by atoms with Crippen LogP contribution in [0.2, 0.25) is 0 Å². The third-order valence-electron chi connectivity index (χ3n) is 4.07. The van der Waals surface area contributed by atoms with E-state index in [-0.39, 0.29) is 35.2 Å². The highest BCUT2D eigenvalue weighted by molar-refractivity contribution is 7.91. The predicted molar refractivity (Wildman–Crippen MR) is 73.8 cm³/mol. The molecule has 0 spiro atoms. The Bertz CT molecular complexity index is 461. The minimum Gasteiger partial charge on any atom is -0.333 e. The van der Waals surface area contributed by atoms with Crippen LogP contribution in [0.5, 0.6) is 0 Å². The quantitative estimate of drug-likeness (QED) is 0.747. The zero-order chi connectivity index (χ0) is 14.3. The van der Waals surface area contributed by atoms with E-state index in [0.717, 1.165) is 6.42 Å². The van der Waals surface area contributed by atoms with Gasteiger partial charge in [-0.3, -0.25) is 0 Å². The number of fused-ring (bicyclic) bond motifs is 1. The van der Waals surface area contributed by atoms with Crippen LogP contribution in [0.1, 0.15) is 27.2 Å². The summed E-state index contributed by atoms with van der Waals surface area (Å²) in [5, 5.41) is 6.18. The van der Waals surface area contributed by atoms with Crippen molar-refractivity contribution in [3.05, 3.63) is 0 Å². The van der Waals surface area contributed by atoms with Gasteiger partial charge in [0.2, 0.25) is 0 Å².